The van der Waals surface area contributed by atoms with Crippen LogP contribution >= 0.6 is 0 Å². The van der Waals surface area contributed by atoms with E-state index >= 15 is 0 Å². The van der Waals surface area contributed by atoms with E-state index in [4.69, 9.17) is 9.47 Å². The molecule has 1 aliphatic carbocycles. The maximum absolute atomic E-state index is 12.7. The number of ether oxygens (including phenoxy) is 2. The molecule has 0 radical (unpaired) electrons. The van der Waals surface area contributed by atoms with Gasteiger partial charge in [0.15, 0.2) is 6.29 Å². The number of nitrogens with zero attached hydrogens (tertiary/aromatic N) is 1. The Morgan fingerprint density at radius 1 is 1.19 bits per heavy atom. The molecular weight excluding hydrogens is 272 g/mol. The van der Waals surface area contributed by atoms with E-state index in [1.54, 1.807) is 0 Å². The third-order valence-corrected chi connectivity index (χ3v) is 4.72. The molecule has 21 heavy (non-hydrogen) atoms. The number of hydrogen-bond acceptors (Lipinski definition) is 4. The van der Waals surface area contributed by atoms with E-state index < -0.39 is 5.54 Å². The van der Waals surface area contributed by atoms with Crippen LogP contribution in [0.5, 0.6) is 0 Å². The van der Waals surface area contributed by atoms with Crippen molar-refractivity contribution in [2.75, 3.05) is 19.8 Å². The molecule has 6 nitrogen and oxygen atoms in total. The maximum atomic E-state index is 12.7. The fourth-order valence-corrected chi connectivity index (χ4v) is 4.09. The second-order valence-electron chi connectivity index (χ2n) is 6.78. The third-order valence-electron chi connectivity index (χ3n) is 4.72. The van der Waals surface area contributed by atoms with Crippen LogP contribution in [-0.2, 0) is 14.3 Å². The summed E-state index contributed by atoms with van der Waals surface area (Å²) in [4.78, 5) is 26.3. The number of carbonyl (C=O) groups is 2. The molecule has 0 unspecified atom stereocenters. The first-order valence-corrected chi connectivity index (χ1v) is 7.87. The van der Waals surface area contributed by atoms with Gasteiger partial charge >= 0.3 is 6.03 Å². The molecule has 3 fully saturated rings. The predicted molar refractivity (Wildman–Crippen MR) is 75.5 cm³/mol. The first-order chi connectivity index (χ1) is 10.00. The molecule has 2 heterocycles. The highest BCUT2D eigenvalue weighted by molar-refractivity contribution is 6.07. The minimum atomic E-state index is -0.675. The van der Waals surface area contributed by atoms with E-state index in [1.807, 2.05) is 0 Å². The summed E-state index contributed by atoms with van der Waals surface area (Å²) in [5, 5.41) is 2.96. The van der Waals surface area contributed by atoms with Crippen LogP contribution in [0.4, 0.5) is 4.79 Å². The molecule has 0 aromatic heterocycles. The molecule has 0 aromatic rings. The Morgan fingerprint density at radius 3 is 2.43 bits per heavy atom. The summed E-state index contributed by atoms with van der Waals surface area (Å²) < 4.78 is 10.7. The molecule has 2 aliphatic heterocycles. The monoisotopic (exact) mass is 296 g/mol. The van der Waals surface area contributed by atoms with Gasteiger partial charge in [0, 0.05) is 13.0 Å². The SMILES string of the molecule is C[C@H]1C[C@H](C)CC2(C1)NC(=O)N(CCC1OCCO1)C2=O. The summed E-state index contributed by atoms with van der Waals surface area (Å²) in [5.41, 5.74) is -0.675. The lowest BCUT2D eigenvalue weighted by Crippen LogP contribution is -2.52. The molecular formula is C15H24N2O4. The highest BCUT2D eigenvalue weighted by atomic mass is 16.7. The van der Waals surface area contributed by atoms with Crippen molar-refractivity contribution in [2.24, 2.45) is 11.8 Å². The summed E-state index contributed by atoms with van der Waals surface area (Å²) in [6.45, 7) is 5.84. The van der Waals surface area contributed by atoms with Crippen molar-refractivity contribution in [3.05, 3.63) is 0 Å². The van der Waals surface area contributed by atoms with Crippen LogP contribution in [0.15, 0.2) is 0 Å². The Kier molecular flexibility index (Phi) is 3.92. The van der Waals surface area contributed by atoms with Gasteiger partial charge in [0.2, 0.25) is 0 Å². The van der Waals surface area contributed by atoms with Crippen LogP contribution in [0.3, 0.4) is 0 Å². The van der Waals surface area contributed by atoms with Gasteiger partial charge in [-0.15, -0.1) is 0 Å². The van der Waals surface area contributed by atoms with Gasteiger partial charge in [-0.25, -0.2) is 4.79 Å². The van der Waals surface area contributed by atoms with E-state index in [1.165, 1.54) is 4.90 Å². The van der Waals surface area contributed by atoms with Crippen molar-refractivity contribution >= 4 is 11.9 Å². The second-order valence-corrected chi connectivity index (χ2v) is 6.78. The molecule has 1 N–H and O–H groups in total. The summed E-state index contributed by atoms with van der Waals surface area (Å²) >= 11 is 0. The van der Waals surface area contributed by atoms with Crippen molar-refractivity contribution in [1.82, 2.24) is 10.2 Å². The number of urea groups is 1. The Balaban J connectivity index is 1.66. The normalized spacial score (nSPS) is 37.5. The smallest absolute Gasteiger partial charge is 0.325 e. The quantitative estimate of drug-likeness (QED) is 0.801. The maximum Gasteiger partial charge on any atom is 0.325 e. The summed E-state index contributed by atoms with van der Waals surface area (Å²) in [7, 11) is 0. The molecule has 0 bridgehead atoms. The lowest BCUT2D eigenvalue weighted by atomic mass is 9.71. The van der Waals surface area contributed by atoms with Gasteiger partial charge in [0.25, 0.3) is 5.91 Å². The van der Waals surface area contributed by atoms with Crippen molar-refractivity contribution in [3.8, 4) is 0 Å². The van der Waals surface area contributed by atoms with Crippen LogP contribution in [0.2, 0.25) is 0 Å². The van der Waals surface area contributed by atoms with Crippen molar-refractivity contribution in [1.29, 1.82) is 0 Å². The lowest BCUT2D eigenvalue weighted by molar-refractivity contribution is -0.134. The first kappa shape index (κ1) is 14.8. The standard InChI is InChI=1S/C15H24N2O4/c1-10-7-11(2)9-15(8-10)13(18)17(14(19)16-15)4-3-12-20-5-6-21-12/h10-12H,3-9H2,1-2H3,(H,16,19)/t10-,11-/m0/s1. The van der Waals surface area contributed by atoms with Gasteiger partial charge in [-0.2, -0.15) is 0 Å². The van der Waals surface area contributed by atoms with Crippen LogP contribution in [0, 0.1) is 11.8 Å². The van der Waals surface area contributed by atoms with Crippen LogP contribution < -0.4 is 5.32 Å². The van der Waals surface area contributed by atoms with Crippen LogP contribution in [0.1, 0.15) is 39.5 Å². The van der Waals surface area contributed by atoms with Crippen molar-refractivity contribution in [3.63, 3.8) is 0 Å². The van der Waals surface area contributed by atoms with E-state index in [0.717, 1.165) is 19.3 Å². The zero-order valence-corrected chi connectivity index (χ0v) is 12.8. The van der Waals surface area contributed by atoms with Crippen molar-refractivity contribution < 1.29 is 19.1 Å². The third kappa shape index (κ3) is 2.79. The topological polar surface area (TPSA) is 67.9 Å². The van der Waals surface area contributed by atoms with Crippen LogP contribution in [0.25, 0.3) is 0 Å². The zero-order valence-electron chi connectivity index (χ0n) is 12.8. The van der Waals surface area contributed by atoms with Gasteiger partial charge in [0.1, 0.15) is 5.54 Å². The van der Waals surface area contributed by atoms with E-state index in [9.17, 15) is 9.59 Å². The minimum Gasteiger partial charge on any atom is -0.350 e. The fourth-order valence-electron chi connectivity index (χ4n) is 4.09. The number of nitrogens with one attached hydrogen (secondary N) is 1. The summed E-state index contributed by atoms with van der Waals surface area (Å²) in [6.07, 6.45) is 2.87. The average Bonchev–Trinajstić information content (AvgIpc) is 2.96. The average molecular weight is 296 g/mol. The van der Waals surface area contributed by atoms with E-state index in [0.29, 0.717) is 38.0 Å². The van der Waals surface area contributed by atoms with Gasteiger partial charge < -0.3 is 14.8 Å². The molecule has 3 aliphatic rings. The molecule has 1 saturated carbocycles. The lowest BCUT2D eigenvalue weighted by Gasteiger charge is -2.37. The number of rotatable bonds is 3. The van der Waals surface area contributed by atoms with E-state index in [2.05, 4.69) is 19.2 Å². The Morgan fingerprint density at radius 2 is 1.81 bits per heavy atom. The fraction of sp³-hybridized carbons (Fsp3) is 0.867. The highest BCUT2D eigenvalue weighted by Gasteiger charge is 2.53. The molecule has 3 amide bonds. The van der Waals surface area contributed by atoms with Crippen molar-refractivity contribution in [2.45, 2.75) is 51.4 Å². The van der Waals surface area contributed by atoms with Crippen LogP contribution in [-0.4, -0.2) is 48.4 Å². The molecule has 3 rings (SSSR count). The molecule has 2 atom stereocenters. The summed E-state index contributed by atoms with van der Waals surface area (Å²) in [6, 6.07) is -0.265. The summed E-state index contributed by atoms with van der Waals surface area (Å²) in [5.74, 6) is 0.850. The Hall–Kier alpha value is -1.14. The van der Waals surface area contributed by atoms with Gasteiger partial charge in [0.05, 0.1) is 13.2 Å². The number of imide groups is 1. The first-order valence-electron chi connectivity index (χ1n) is 7.87. The molecule has 6 heteroatoms. The molecule has 118 valence electrons. The van der Waals surface area contributed by atoms with Gasteiger partial charge in [-0.05, 0) is 31.1 Å². The van der Waals surface area contributed by atoms with Gasteiger partial charge in [-0.3, -0.25) is 9.69 Å². The van der Waals surface area contributed by atoms with Gasteiger partial charge in [-0.1, -0.05) is 13.8 Å². The second kappa shape index (κ2) is 5.57. The molecule has 0 aromatic carbocycles. The Labute approximate surface area is 125 Å². The largest absolute Gasteiger partial charge is 0.350 e. The number of amides is 3. The van der Waals surface area contributed by atoms with E-state index in [-0.39, 0.29) is 18.2 Å². The molecule has 1 spiro atoms. The Bertz CT molecular complexity index is 423. The zero-order chi connectivity index (χ0) is 15.0. The number of hydrogen-bond donors (Lipinski definition) is 1. The number of carbonyl (C=O) groups excluding carboxylic acids is 2. The highest BCUT2D eigenvalue weighted by Crippen LogP contribution is 2.39. The molecule has 2 saturated heterocycles. The minimum absolute atomic E-state index is 0.0658. The predicted octanol–water partition coefficient (Wildman–Crippen LogP) is 1.50.